The summed E-state index contributed by atoms with van der Waals surface area (Å²) in [4.78, 5) is 0. The Morgan fingerprint density at radius 2 is 2.15 bits per heavy atom. The lowest BCUT2D eigenvalue weighted by Crippen LogP contribution is -2.17. The fourth-order valence-electron chi connectivity index (χ4n) is 1.60. The molecule has 0 radical (unpaired) electrons. The van der Waals surface area contributed by atoms with Crippen LogP contribution in [-0.4, -0.2) is 12.6 Å². The van der Waals surface area contributed by atoms with E-state index >= 15 is 0 Å². The number of ether oxygens (including phenoxy) is 1. The lowest BCUT2D eigenvalue weighted by Gasteiger charge is -2.07. The second-order valence-corrected chi connectivity index (χ2v) is 3.13. The van der Waals surface area contributed by atoms with E-state index in [0.717, 1.165) is 18.6 Å². The number of hydrogen-bond acceptors (Lipinski definition) is 2. The summed E-state index contributed by atoms with van der Waals surface area (Å²) in [7, 11) is 0. The maximum absolute atomic E-state index is 5.67. The highest BCUT2D eigenvalue weighted by Crippen LogP contribution is 2.28. The molecule has 72 valence electrons. The van der Waals surface area contributed by atoms with Crippen LogP contribution in [0.3, 0.4) is 0 Å². The Morgan fingerprint density at radius 1 is 1.38 bits per heavy atom. The second kappa shape index (κ2) is 4.49. The quantitative estimate of drug-likeness (QED) is 0.788. The zero-order valence-corrected chi connectivity index (χ0v) is 8.22. The number of para-hydroxylation sites is 1. The molecule has 0 spiro atoms. The van der Waals surface area contributed by atoms with E-state index in [4.69, 9.17) is 10.5 Å². The van der Waals surface area contributed by atoms with E-state index in [1.807, 2.05) is 18.2 Å². The van der Waals surface area contributed by atoms with Gasteiger partial charge >= 0.3 is 0 Å². The third-order valence-electron chi connectivity index (χ3n) is 2.20. The lowest BCUT2D eigenvalue weighted by molar-refractivity contribution is 0.224. The molecule has 1 aliphatic heterocycles. The summed E-state index contributed by atoms with van der Waals surface area (Å²) in [6.07, 6.45) is 2.29. The Balaban J connectivity index is 0.000000845. The lowest BCUT2D eigenvalue weighted by atomic mass is 10.1. The van der Waals surface area contributed by atoms with Gasteiger partial charge in [-0.3, -0.25) is 0 Å². The largest absolute Gasteiger partial charge is 0.490 e. The highest BCUT2D eigenvalue weighted by atomic mass is 35.5. The average Bonchev–Trinajstić information content (AvgIpc) is 2.47. The Labute approximate surface area is 84.5 Å². The highest BCUT2D eigenvalue weighted by Gasteiger charge is 2.20. The molecule has 0 saturated carbocycles. The van der Waals surface area contributed by atoms with E-state index in [0.29, 0.717) is 12.6 Å². The molecule has 1 aliphatic rings. The molecular formula is C10H14ClNO. The molecule has 0 amide bonds. The molecule has 13 heavy (non-hydrogen) atoms. The van der Waals surface area contributed by atoms with Gasteiger partial charge in [-0.2, -0.15) is 0 Å². The van der Waals surface area contributed by atoms with E-state index in [2.05, 4.69) is 6.07 Å². The molecule has 0 aliphatic carbocycles. The van der Waals surface area contributed by atoms with Gasteiger partial charge in [-0.05, 0) is 24.6 Å². The zero-order chi connectivity index (χ0) is 8.39. The van der Waals surface area contributed by atoms with Crippen molar-refractivity contribution in [1.29, 1.82) is 0 Å². The van der Waals surface area contributed by atoms with E-state index in [1.165, 1.54) is 5.56 Å². The fourth-order valence-corrected chi connectivity index (χ4v) is 1.60. The summed E-state index contributed by atoms with van der Waals surface area (Å²) in [5.41, 5.74) is 6.78. The Hall–Kier alpha value is -0.730. The summed E-state index contributed by atoms with van der Waals surface area (Å²) < 4.78 is 5.67. The first-order valence-electron chi connectivity index (χ1n) is 4.35. The molecule has 1 unspecified atom stereocenters. The van der Waals surface area contributed by atoms with Gasteiger partial charge in [0.2, 0.25) is 0 Å². The molecule has 0 aromatic heterocycles. The Bertz CT molecular complexity index is 252. The first-order chi connectivity index (χ1) is 5.90. The van der Waals surface area contributed by atoms with Gasteiger partial charge in [0.05, 0.1) is 0 Å². The van der Waals surface area contributed by atoms with Crippen LogP contribution >= 0.6 is 12.4 Å². The summed E-state index contributed by atoms with van der Waals surface area (Å²) in [5.74, 6) is 1.04. The number of halogens is 1. The van der Waals surface area contributed by atoms with Crippen molar-refractivity contribution in [3.8, 4) is 5.75 Å². The van der Waals surface area contributed by atoms with Gasteiger partial charge in [-0.25, -0.2) is 0 Å². The van der Waals surface area contributed by atoms with Crippen molar-refractivity contribution < 1.29 is 4.74 Å². The number of nitrogens with two attached hydrogens (primary N) is 1. The van der Waals surface area contributed by atoms with Crippen molar-refractivity contribution in [2.24, 2.45) is 5.73 Å². The Morgan fingerprint density at radius 3 is 2.85 bits per heavy atom. The van der Waals surface area contributed by atoms with Crippen LogP contribution in [0.1, 0.15) is 12.0 Å². The van der Waals surface area contributed by atoms with Crippen LogP contribution in [-0.2, 0) is 6.42 Å². The predicted molar refractivity (Wildman–Crippen MR) is 55.5 cm³/mol. The monoisotopic (exact) mass is 199 g/mol. The van der Waals surface area contributed by atoms with Crippen molar-refractivity contribution in [3.63, 3.8) is 0 Å². The van der Waals surface area contributed by atoms with Gasteiger partial charge in [0.25, 0.3) is 0 Å². The Kier molecular flexibility index (Phi) is 3.58. The molecule has 2 N–H and O–H groups in total. The van der Waals surface area contributed by atoms with Gasteiger partial charge in [-0.1, -0.05) is 18.2 Å². The number of hydrogen-bond donors (Lipinski definition) is 1. The molecular weight excluding hydrogens is 186 g/mol. The van der Waals surface area contributed by atoms with Gasteiger partial charge in [0.1, 0.15) is 11.9 Å². The minimum Gasteiger partial charge on any atom is -0.490 e. The SMILES string of the molecule is Cl.NCCC1Cc2ccccc2O1. The van der Waals surface area contributed by atoms with Crippen molar-refractivity contribution >= 4 is 12.4 Å². The van der Waals surface area contributed by atoms with E-state index < -0.39 is 0 Å². The minimum atomic E-state index is 0. The van der Waals surface area contributed by atoms with Gasteiger partial charge in [-0.15, -0.1) is 12.4 Å². The zero-order valence-electron chi connectivity index (χ0n) is 7.40. The summed E-state index contributed by atoms with van der Waals surface area (Å²) in [6.45, 7) is 0.707. The van der Waals surface area contributed by atoms with Gasteiger partial charge in [0.15, 0.2) is 0 Å². The smallest absolute Gasteiger partial charge is 0.123 e. The second-order valence-electron chi connectivity index (χ2n) is 3.13. The normalized spacial score (nSPS) is 18.7. The van der Waals surface area contributed by atoms with Crippen LogP contribution in [0.25, 0.3) is 0 Å². The topological polar surface area (TPSA) is 35.2 Å². The first kappa shape index (κ1) is 10.4. The van der Waals surface area contributed by atoms with Crippen LogP contribution in [0.5, 0.6) is 5.75 Å². The molecule has 1 heterocycles. The number of fused-ring (bicyclic) bond motifs is 1. The molecule has 3 heteroatoms. The molecule has 1 atom stereocenters. The minimum absolute atomic E-state index is 0. The third-order valence-corrected chi connectivity index (χ3v) is 2.20. The summed E-state index contributed by atoms with van der Waals surface area (Å²) >= 11 is 0. The molecule has 0 saturated heterocycles. The highest BCUT2D eigenvalue weighted by molar-refractivity contribution is 5.85. The summed E-state index contributed by atoms with van der Waals surface area (Å²) in [6, 6.07) is 8.19. The predicted octanol–water partition coefficient (Wildman–Crippen LogP) is 1.76. The van der Waals surface area contributed by atoms with Crippen LogP contribution in [0.15, 0.2) is 24.3 Å². The molecule has 1 aromatic carbocycles. The van der Waals surface area contributed by atoms with Crippen molar-refractivity contribution in [2.45, 2.75) is 18.9 Å². The standard InChI is InChI=1S/C10H13NO.ClH/c11-6-5-9-7-8-3-1-2-4-10(8)12-9;/h1-4,9H,5-7,11H2;1H. The van der Waals surface area contributed by atoms with Crippen molar-refractivity contribution in [2.75, 3.05) is 6.54 Å². The number of benzene rings is 1. The maximum atomic E-state index is 5.67. The molecule has 0 bridgehead atoms. The van der Waals surface area contributed by atoms with Crippen LogP contribution in [0.4, 0.5) is 0 Å². The van der Waals surface area contributed by atoms with Crippen LogP contribution in [0.2, 0.25) is 0 Å². The molecule has 2 nitrogen and oxygen atoms in total. The molecule has 2 rings (SSSR count). The van der Waals surface area contributed by atoms with Crippen LogP contribution in [0, 0.1) is 0 Å². The van der Waals surface area contributed by atoms with E-state index in [9.17, 15) is 0 Å². The van der Waals surface area contributed by atoms with Gasteiger partial charge < -0.3 is 10.5 Å². The third kappa shape index (κ3) is 2.14. The average molecular weight is 200 g/mol. The summed E-state index contributed by atoms with van der Waals surface area (Å²) in [5, 5.41) is 0. The van der Waals surface area contributed by atoms with E-state index in [-0.39, 0.29) is 12.4 Å². The fraction of sp³-hybridized carbons (Fsp3) is 0.400. The first-order valence-corrected chi connectivity index (χ1v) is 4.35. The number of rotatable bonds is 2. The maximum Gasteiger partial charge on any atom is 0.123 e. The van der Waals surface area contributed by atoms with Gasteiger partial charge in [0, 0.05) is 6.42 Å². The van der Waals surface area contributed by atoms with E-state index in [1.54, 1.807) is 0 Å². The van der Waals surface area contributed by atoms with Crippen LogP contribution < -0.4 is 10.5 Å². The molecule has 0 fully saturated rings. The van der Waals surface area contributed by atoms with Crippen molar-refractivity contribution in [1.82, 2.24) is 0 Å². The molecule has 1 aromatic rings. The van der Waals surface area contributed by atoms with Crippen molar-refractivity contribution in [3.05, 3.63) is 29.8 Å².